The number of carbonyl (C=O) groups excluding carboxylic acids is 1. The van der Waals surface area contributed by atoms with E-state index >= 15 is 0 Å². The molecule has 0 aromatic heterocycles. The molecular weight excluding hydrogens is 479 g/mol. The molecule has 3 aromatic carbocycles. The van der Waals surface area contributed by atoms with Crippen LogP contribution in [0.1, 0.15) is 10.4 Å². The molecule has 0 atom stereocenters. The lowest BCUT2D eigenvalue weighted by Crippen LogP contribution is -2.15. The van der Waals surface area contributed by atoms with Crippen LogP contribution in [0, 0.1) is 0 Å². The number of nitrogens with one attached hydrogen (secondary N) is 2. The van der Waals surface area contributed by atoms with Crippen LogP contribution in [0.5, 0.6) is 17.2 Å². The van der Waals surface area contributed by atoms with E-state index in [0.717, 1.165) is 0 Å². The molecule has 0 unspecified atom stereocenters. The summed E-state index contributed by atoms with van der Waals surface area (Å²) in [4.78, 5) is 12.6. The lowest BCUT2D eigenvalue weighted by molar-refractivity contribution is 0.102. The summed E-state index contributed by atoms with van der Waals surface area (Å²) in [6, 6.07) is 13.3. The summed E-state index contributed by atoms with van der Waals surface area (Å²) in [5.74, 6) is 0.883. The highest BCUT2D eigenvalue weighted by molar-refractivity contribution is 7.92. The maximum atomic E-state index is 12.8. The van der Waals surface area contributed by atoms with E-state index in [4.69, 9.17) is 37.4 Å². The van der Waals surface area contributed by atoms with Crippen molar-refractivity contribution in [1.29, 1.82) is 0 Å². The van der Waals surface area contributed by atoms with Crippen LogP contribution in [0.2, 0.25) is 10.0 Å². The second kappa shape index (κ2) is 8.78. The third kappa shape index (κ3) is 4.55. The van der Waals surface area contributed by atoms with Gasteiger partial charge in [0.15, 0.2) is 11.5 Å². The minimum absolute atomic E-state index is 0.0799. The normalized spacial score (nSPS) is 12.3. The van der Waals surface area contributed by atoms with Gasteiger partial charge in [-0.15, -0.1) is 0 Å². The number of benzene rings is 3. The number of methoxy groups -OCH3 is 1. The number of hydrogen-bond donors (Lipinski definition) is 2. The van der Waals surface area contributed by atoms with Gasteiger partial charge in [-0.2, -0.15) is 0 Å². The van der Waals surface area contributed by atoms with E-state index in [0.29, 0.717) is 22.7 Å². The molecule has 0 aliphatic carbocycles. The molecule has 0 saturated carbocycles. The number of rotatable bonds is 6. The first kappa shape index (κ1) is 22.1. The van der Waals surface area contributed by atoms with Crippen molar-refractivity contribution in [3.63, 3.8) is 0 Å². The lowest BCUT2D eigenvalue weighted by Gasteiger charge is -2.14. The Balaban J connectivity index is 1.58. The highest BCUT2D eigenvalue weighted by atomic mass is 35.5. The Labute approximate surface area is 194 Å². The van der Waals surface area contributed by atoms with Gasteiger partial charge in [0.05, 0.1) is 27.7 Å². The smallest absolute Gasteiger partial charge is 0.262 e. The zero-order valence-electron chi connectivity index (χ0n) is 16.5. The van der Waals surface area contributed by atoms with E-state index in [1.165, 1.54) is 37.4 Å². The van der Waals surface area contributed by atoms with Gasteiger partial charge >= 0.3 is 0 Å². The summed E-state index contributed by atoms with van der Waals surface area (Å²) in [7, 11) is -2.61. The Morgan fingerprint density at radius 1 is 0.969 bits per heavy atom. The average molecular weight is 495 g/mol. The summed E-state index contributed by atoms with van der Waals surface area (Å²) >= 11 is 11.8. The van der Waals surface area contributed by atoms with Crippen LogP contribution >= 0.6 is 23.2 Å². The van der Waals surface area contributed by atoms with Crippen molar-refractivity contribution in [3.05, 3.63) is 70.2 Å². The molecule has 0 radical (unpaired) electrons. The molecule has 0 fully saturated rings. The van der Waals surface area contributed by atoms with Crippen LogP contribution in [0.15, 0.2) is 59.5 Å². The van der Waals surface area contributed by atoms with E-state index in [2.05, 4.69) is 10.0 Å². The molecule has 0 spiro atoms. The first-order valence-electron chi connectivity index (χ1n) is 9.14. The fraction of sp³-hybridized carbons (Fsp3) is 0.0952. The fourth-order valence-corrected chi connectivity index (χ4v) is 4.40. The SMILES string of the molecule is COc1ccc(NC(=O)c2ccc3c(c2)OCO3)cc1NS(=O)(=O)c1ccc(Cl)c(Cl)c1. The van der Waals surface area contributed by atoms with Crippen molar-refractivity contribution in [3.8, 4) is 17.2 Å². The molecular formula is C21H16Cl2N2O6S. The fourth-order valence-electron chi connectivity index (χ4n) is 2.95. The maximum Gasteiger partial charge on any atom is 0.262 e. The Morgan fingerprint density at radius 3 is 2.50 bits per heavy atom. The van der Waals surface area contributed by atoms with E-state index in [-0.39, 0.29) is 33.2 Å². The number of hydrogen-bond acceptors (Lipinski definition) is 6. The van der Waals surface area contributed by atoms with Gasteiger partial charge in [0.2, 0.25) is 6.79 Å². The predicted octanol–water partition coefficient (Wildman–Crippen LogP) is 4.78. The van der Waals surface area contributed by atoms with Crippen LogP contribution in [0.4, 0.5) is 11.4 Å². The molecule has 3 aromatic rings. The molecule has 11 heteroatoms. The number of anilines is 2. The standard InChI is InChI=1S/C21H16Cl2N2O6S/c1-29-18-7-3-13(24-21(26)12-2-6-19-20(8-12)31-11-30-19)9-17(18)25-32(27,28)14-4-5-15(22)16(23)10-14/h2-10,25H,11H2,1H3,(H,24,26). The van der Waals surface area contributed by atoms with Crippen molar-refractivity contribution < 1.29 is 27.4 Å². The monoisotopic (exact) mass is 494 g/mol. The van der Waals surface area contributed by atoms with E-state index in [9.17, 15) is 13.2 Å². The largest absolute Gasteiger partial charge is 0.495 e. The van der Waals surface area contributed by atoms with Gasteiger partial charge in [0.25, 0.3) is 15.9 Å². The average Bonchev–Trinajstić information content (AvgIpc) is 3.23. The highest BCUT2D eigenvalue weighted by Gasteiger charge is 2.20. The van der Waals surface area contributed by atoms with Crippen molar-refractivity contribution in [2.45, 2.75) is 4.90 Å². The molecule has 4 rings (SSSR count). The summed E-state index contributed by atoms with van der Waals surface area (Å²) in [5.41, 5.74) is 0.824. The van der Waals surface area contributed by atoms with Crippen molar-refractivity contribution >= 4 is 50.5 Å². The maximum absolute atomic E-state index is 12.8. The number of fused-ring (bicyclic) bond motifs is 1. The van der Waals surface area contributed by atoms with Gasteiger partial charge in [-0.25, -0.2) is 8.42 Å². The molecule has 166 valence electrons. The number of halogens is 2. The van der Waals surface area contributed by atoms with Crippen molar-refractivity contribution in [2.24, 2.45) is 0 Å². The zero-order chi connectivity index (χ0) is 22.9. The molecule has 0 bridgehead atoms. The number of sulfonamides is 1. The van der Waals surface area contributed by atoms with Gasteiger partial charge in [-0.05, 0) is 54.6 Å². The molecule has 0 saturated heterocycles. The van der Waals surface area contributed by atoms with Gasteiger partial charge < -0.3 is 19.5 Å². The van der Waals surface area contributed by atoms with E-state index < -0.39 is 15.9 Å². The molecule has 1 amide bonds. The van der Waals surface area contributed by atoms with Gasteiger partial charge in [0, 0.05) is 11.3 Å². The lowest BCUT2D eigenvalue weighted by atomic mass is 10.2. The number of amides is 1. The van der Waals surface area contributed by atoms with Gasteiger partial charge in [-0.3, -0.25) is 9.52 Å². The molecule has 32 heavy (non-hydrogen) atoms. The molecule has 1 aliphatic rings. The predicted molar refractivity (Wildman–Crippen MR) is 121 cm³/mol. The van der Waals surface area contributed by atoms with Crippen LogP contribution in [-0.4, -0.2) is 28.2 Å². The van der Waals surface area contributed by atoms with E-state index in [1.807, 2.05) is 0 Å². The van der Waals surface area contributed by atoms with Crippen LogP contribution in [0.25, 0.3) is 0 Å². The summed E-state index contributed by atoms with van der Waals surface area (Å²) < 4.78 is 43.9. The Morgan fingerprint density at radius 2 is 1.75 bits per heavy atom. The van der Waals surface area contributed by atoms with Gasteiger partial charge in [0.1, 0.15) is 5.75 Å². The van der Waals surface area contributed by atoms with Crippen LogP contribution in [-0.2, 0) is 10.0 Å². The van der Waals surface area contributed by atoms with Crippen molar-refractivity contribution in [2.75, 3.05) is 23.9 Å². The minimum Gasteiger partial charge on any atom is -0.495 e. The van der Waals surface area contributed by atoms with Crippen LogP contribution in [0.3, 0.4) is 0 Å². The van der Waals surface area contributed by atoms with Crippen molar-refractivity contribution in [1.82, 2.24) is 0 Å². The highest BCUT2D eigenvalue weighted by Crippen LogP contribution is 2.34. The zero-order valence-corrected chi connectivity index (χ0v) is 18.8. The topological polar surface area (TPSA) is 103 Å². The van der Waals surface area contributed by atoms with Crippen LogP contribution < -0.4 is 24.2 Å². The first-order valence-corrected chi connectivity index (χ1v) is 11.4. The second-order valence-corrected chi connectivity index (χ2v) is 9.12. The summed E-state index contributed by atoms with van der Waals surface area (Å²) in [5, 5.41) is 3.05. The first-order chi connectivity index (χ1) is 15.3. The van der Waals surface area contributed by atoms with E-state index in [1.54, 1.807) is 24.3 Å². The Kier molecular flexibility index (Phi) is 6.05. The summed E-state index contributed by atoms with van der Waals surface area (Å²) in [6.45, 7) is 0.0984. The molecule has 1 heterocycles. The Hall–Kier alpha value is -3.14. The number of carbonyl (C=O) groups is 1. The molecule has 1 aliphatic heterocycles. The summed E-state index contributed by atoms with van der Waals surface area (Å²) in [6.07, 6.45) is 0. The Bertz CT molecular complexity index is 1310. The quantitative estimate of drug-likeness (QED) is 0.510. The second-order valence-electron chi connectivity index (χ2n) is 6.62. The third-order valence-corrected chi connectivity index (χ3v) is 6.64. The minimum atomic E-state index is -4.01. The van der Waals surface area contributed by atoms with Gasteiger partial charge in [-0.1, -0.05) is 23.2 Å². The number of ether oxygens (including phenoxy) is 3. The molecule has 2 N–H and O–H groups in total. The third-order valence-electron chi connectivity index (χ3n) is 4.54. The molecule has 8 nitrogen and oxygen atoms in total.